The van der Waals surface area contributed by atoms with Gasteiger partial charge in [0, 0.05) is 0 Å². The fourth-order valence-corrected chi connectivity index (χ4v) is 0.158. The quantitative estimate of drug-likeness (QED) is 0.282. The summed E-state index contributed by atoms with van der Waals surface area (Å²) in [5.41, 5.74) is 0. The van der Waals surface area contributed by atoms with E-state index in [2.05, 4.69) is 5.32 Å². The van der Waals surface area contributed by atoms with E-state index in [0.29, 0.717) is 0 Å². The summed E-state index contributed by atoms with van der Waals surface area (Å²) in [7, 11) is 0. The Kier molecular flexibility index (Phi) is 3.09. The molecule has 0 radical (unpaired) electrons. The fourth-order valence-electron chi connectivity index (χ4n) is 0.158. The summed E-state index contributed by atoms with van der Waals surface area (Å²) in [5, 5.41) is 3.92. The Morgan fingerprint density at radius 3 is 1.40 bits per heavy atom. The van der Waals surface area contributed by atoms with Crippen molar-refractivity contribution in [2.75, 3.05) is 13.1 Å². The average Bonchev–Trinajstić information content (AvgIpc) is 0.722. The van der Waals surface area contributed by atoms with E-state index in [1.807, 2.05) is 0 Å². The number of hydrogen-bond acceptors (Lipinski definition) is 0. The van der Waals surface area contributed by atoms with E-state index < -0.39 is 0 Å². The van der Waals surface area contributed by atoms with Crippen LogP contribution in [0, 0.1) is 0 Å². The molecule has 0 aromatic heterocycles. The molecule has 0 aliphatic carbocycles. The van der Waals surface area contributed by atoms with Gasteiger partial charge >= 0.3 is 18.9 Å². The second-order valence-corrected chi connectivity index (χ2v) is 1.02. The van der Waals surface area contributed by atoms with Crippen molar-refractivity contribution in [3.8, 4) is 0 Å². The molecule has 0 aromatic rings. The Labute approximate surface area is 44.3 Å². The van der Waals surface area contributed by atoms with Crippen molar-refractivity contribution in [3.05, 3.63) is 5.32 Å². The van der Waals surface area contributed by atoms with Crippen molar-refractivity contribution in [3.63, 3.8) is 0 Å². The Balaban J connectivity index is 0.000000160. The van der Waals surface area contributed by atoms with Crippen molar-refractivity contribution < 1.29 is 18.9 Å². The van der Waals surface area contributed by atoms with Gasteiger partial charge in [0.05, 0.1) is 0 Å². The second kappa shape index (κ2) is 2.78. The van der Waals surface area contributed by atoms with Crippen LogP contribution >= 0.6 is 0 Å². The van der Waals surface area contributed by atoms with E-state index in [4.69, 9.17) is 0 Å². The van der Waals surface area contributed by atoms with Gasteiger partial charge in [0.1, 0.15) is 0 Å². The summed E-state index contributed by atoms with van der Waals surface area (Å²) in [6, 6.07) is 0. The number of nitrogens with zero attached hydrogens (tertiary/aromatic N) is 1. The molecule has 1 heterocycles. The van der Waals surface area contributed by atoms with Gasteiger partial charge in [-0.05, 0) is 0 Å². The van der Waals surface area contributed by atoms with Gasteiger partial charge in [-0.3, -0.25) is 0 Å². The minimum absolute atomic E-state index is 0. The molecule has 0 spiro atoms. The van der Waals surface area contributed by atoms with Crippen LogP contribution in [0.3, 0.4) is 0 Å². The average molecular weight is 63.0 g/mol. The third-order valence-electron chi connectivity index (χ3n) is 0.632. The molecule has 1 aliphatic heterocycles. The molecule has 0 saturated carbocycles. The van der Waals surface area contributed by atoms with Gasteiger partial charge in [-0.1, -0.05) is 6.42 Å². The van der Waals surface area contributed by atoms with E-state index in [0.717, 1.165) is 13.1 Å². The maximum atomic E-state index is 3.92. The summed E-state index contributed by atoms with van der Waals surface area (Å²) in [6.07, 6.45) is 1.33. The molecule has 1 rings (SSSR count). The van der Waals surface area contributed by atoms with E-state index >= 15 is 0 Å². The van der Waals surface area contributed by atoms with Gasteiger partial charge in [0.2, 0.25) is 0 Å². The molecule has 1 aliphatic rings. The van der Waals surface area contributed by atoms with E-state index in [1.165, 1.54) is 6.42 Å². The Hall–Kier alpha value is 0.557. The van der Waals surface area contributed by atoms with E-state index in [1.54, 1.807) is 0 Å². The molecule has 1 saturated heterocycles. The molecule has 0 amide bonds. The normalized spacial score (nSPS) is 19.2. The minimum Gasteiger partial charge on any atom is -0.662 e. The summed E-state index contributed by atoms with van der Waals surface area (Å²) in [4.78, 5) is 0. The third-order valence-corrected chi connectivity index (χ3v) is 0.632. The van der Waals surface area contributed by atoms with Crippen LogP contribution in [0.15, 0.2) is 0 Å². The molecular formula is C3H6LiN. The van der Waals surface area contributed by atoms with Crippen molar-refractivity contribution in [2.45, 2.75) is 6.42 Å². The molecule has 5 heavy (non-hydrogen) atoms. The van der Waals surface area contributed by atoms with Crippen LogP contribution in [-0.4, -0.2) is 13.1 Å². The summed E-state index contributed by atoms with van der Waals surface area (Å²) in [6.45, 7) is 2.25. The monoisotopic (exact) mass is 63.1 g/mol. The summed E-state index contributed by atoms with van der Waals surface area (Å²) >= 11 is 0. The zero-order valence-corrected chi connectivity index (χ0v) is 3.57. The molecule has 0 aromatic carbocycles. The van der Waals surface area contributed by atoms with Crippen molar-refractivity contribution in [2.24, 2.45) is 0 Å². The minimum atomic E-state index is 0. The van der Waals surface area contributed by atoms with Crippen molar-refractivity contribution in [1.29, 1.82) is 0 Å². The zero-order valence-electron chi connectivity index (χ0n) is 3.57. The van der Waals surface area contributed by atoms with Crippen LogP contribution in [-0.2, 0) is 0 Å². The molecule has 24 valence electrons. The first kappa shape index (κ1) is 5.56. The first-order valence-electron chi connectivity index (χ1n) is 1.63. The molecule has 2 heteroatoms. The SMILES string of the molecule is C1C[N-]C1.[Li+]. The Morgan fingerprint density at radius 2 is 1.40 bits per heavy atom. The molecule has 0 N–H and O–H groups in total. The smallest absolute Gasteiger partial charge is 0.662 e. The predicted molar refractivity (Wildman–Crippen MR) is 17.7 cm³/mol. The Bertz CT molecular complexity index is 14.9. The van der Waals surface area contributed by atoms with Gasteiger partial charge in [-0.15, -0.1) is 0 Å². The van der Waals surface area contributed by atoms with Crippen LogP contribution in [0.4, 0.5) is 0 Å². The van der Waals surface area contributed by atoms with Gasteiger partial charge in [0.15, 0.2) is 0 Å². The zero-order chi connectivity index (χ0) is 2.83. The van der Waals surface area contributed by atoms with Gasteiger partial charge in [-0.25, -0.2) is 0 Å². The Morgan fingerprint density at radius 1 is 1.20 bits per heavy atom. The standard InChI is InChI=1S/C3H6N.Li/c1-2-4-3-1;/h1-3H2;/q-1;+1. The van der Waals surface area contributed by atoms with Crippen LogP contribution < -0.4 is 18.9 Å². The predicted octanol–water partition coefficient (Wildman–Crippen LogP) is -2.23. The number of hydrogen-bond donors (Lipinski definition) is 0. The van der Waals surface area contributed by atoms with Gasteiger partial charge in [-0.2, -0.15) is 13.1 Å². The molecular weight excluding hydrogens is 57.0 g/mol. The van der Waals surface area contributed by atoms with E-state index in [-0.39, 0.29) is 18.9 Å². The number of rotatable bonds is 0. The summed E-state index contributed by atoms with van der Waals surface area (Å²) in [5.74, 6) is 0. The third kappa shape index (κ3) is 1.44. The second-order valence-electron chi connectivity index (χ2n) is 1.02. The van der Waals surface area contributed by atoms with Gasteiger partial charge in [0.25, 0.3) is 0 Å². The molecule has 0 bridgehead atoms. The maximum Gasteiger partial charge on any atom is 1.00 e. The van der Waals surface area contributed by atoms with Crippen molar-refractivity contribution in [1.82, 2.24) is 0 Å². The molecule has 0 unspecified atom stereocenters. The van der Waals surface area contributed by atoms with Crippen LogP contribution in [0.1, 0.15) is 6.42 Å². The van der Waals surface area contributed by atoms with Crippen LogP contribution in [0.5, 0.6) is 0 Å². The van der Waals surface area contributed by atoms with Crippen molar-refractivity contribution >= 4 is 0 Å². The van der Waals surface area contributed by atoms with Crippen LogP contribution in [0.2, 0.25) is 0 Å². The fraction of sp³-hybridized carbons (Fsp3) is 1.00. The largest absolute Gasteiger partial charge is 1.00 e. The van der Waals surface area contributed by atoms with Crippen LogP contribution in [0.25, 0.3) is 5.32 Å². The summed E-state index contributed by atoms with van der Waals surface area (Å²) < 4.78 is 0. The van der Waals surface area contributed by atoms with E-state index in [9.17, 15) is 0 Å². The molecule has 1 nitrogen and oxygen atoms in total. The molecule has 0 atom stereocenters. The first-order chi connectivity index (χ1) is 2.00. The maximum absolute atomic E-state index is 3.92. The van der Waals surface area contributed by atoms with Gasteiger partial charge < -0.3 is 5.32 Å². The topological polar surface area (TPSA) is 14.1 Å². The molecule has 1 fully saturated rings. The first-order valence-corrected chi connectivity index (χ1v) is 1.63.